The monoisotopic (exact) mass is 437 g/mol. The molecular formula is C19H18F3N5O4. The molecule has 1 amide bonds. The van der Waals surface area contributed by atoms with Crippen LogP contribution in [-0.4, -0.2) is 53.7 Å². The first-order valence-corrected chi connectivity index (χ1v) is 9.16. The summed E-state index contributed by atoms with van der Waals surface area (Å²) < 4.78 is 57.3. The van der Waals surface area contributed by atoms with Gasteiger partial charge < -0.3 is 25.3 Å². The van der Waals surface area contributed by atoms with Gasteiger partial charge in [-0.1, -0.05) is 0 Å². The van der Waals surface area contributed by atoms with Crippen molar-refractivity contribution in [2.24, 2.45) is 10.7 Å². The molecule has 0 radical (unpaired) electrons. The molecule has 0 unspecified atom stereocenters. The third-order valence-electron chi connectivity index (χ3n) is 5.13. The minimum Gasteiger partial charge on any atom is -0.451 e. The number of alkyl halides is 2. The number of hydrogen-bond acceptors (Lipinski definition) is 8. The van der Waals surface area contributed by atoms with E-state index >= 15 is 4.39 Å². The van der Waals surface area contributed by atoms with Gasteiger partial charge in [-0.2, -0.15) is 0 Å². The molecule has 4 rings (SSSR count). The van der Waals surface area contributed by atoms with Crippen LogP contribution in [-0.2, 0) is 15.0 Å². The van der Waals surface area contributed by atoms with Gasteiger partial charge in [-0.05, 0) is 25.1 Å². The normalized spacial score (nSPS) is 24.0. The summed E-state index contributed by atoms with van der Waals surface area (Å²) in [6.07, 6.45) is 0.419. The van der Waals surface area contributed by atoms with Crippen LogP contribution >= 0.6 is 0 Å². The van der Waals surface area contributed by atoms with Crippen molar-refractivity contribution in [2.45, 2.75) is 24.2 Å². The van der Waals surface area contributed by atoms with Gasteiger partial charge in [0.15, 0.2) is 11.8 Å². The van der Waals surface area contributed by atoms with Crippen molar-refractivity contribution in [3.8, 4) is 5.88 Å². The third kappa shape index (κ3) is 3.63. The number of hydrogen-bond donors (Lipinski definition) is 2. The second-order valence-electron chi connectivity index (χ2n) is 7.26. The summed E-state index contributed by atoms with van der Waals surface area (Å²) in [5.74, 6) is -1.49. The molecule has 2 atom stereocenters. The Morgan fingerprint density at radius 1 is 1.35 bits per heavy atom. The van der Waals surface area contributed by atoms with Crippen molar-refractivity contribution in [1.82, 2.24) is 9.97 Å². The maximum absolute atomic E-state index is 15.5. The Balaban J connectivity index is 1.61. The molecule has 1 fully saturated rings. The van der Waals surface area contributed by atoms with E-state index in [9.17, 15) is 13.6 Å². The molecule has 2 aliphatic heterocycles. The van der Waals surface area contributed by atoms with Gasteiger partial charge in [-0.15, -0.1) is 0 Å². The Hall–Kier alpha value is -3.41. The van der Waals surface area contributed by atoms with E-state index in [-0.39, 0.29) is 42.1 Å². The lowest BCUT2D eigenvalue weighted by atomic mass is 9.76. The van der Waals surface area contributed by atoms with Crippen LogP contribution in [0, 0.1) is 5.82 Å². The highest BCUT2D eigenvalue weighted by molar-refractivity contribution is 6.02. The van der Waals surface area contributed by atoms with Crippen LogP contribution < -0.4 is 15.8 Å². The number of amidine groups is 1. The van der Waals surface area contributed by atoms with E-state index < -0.39 is 35.9 Å². The second-order valence-corrected chi connectivity index (χ2v) is 7.26. The molecular weight excluding hydrogens is 419 g/mol. The average molecular weight is 437 g/mol. The molecule has 164 valence electrons. The van der Waals surface area contributed by atoms with Crippen LogP contribution in [0.2, 0.25) is 0 Å². The molecule has 3 N–H and O–H groups in total. The molecule has 0 saturated carbocycles. The quantitative estimate of drug-likeness (QED) is 0.732. The lowest BCUT2D eigenvalue weighted by Crippen LogP contribution is -2.67. The number of carbonyl (C=O) groups is 1. The van der Waals surface area contributed by atoms with Gasteiger partial charge in [0.05, 0.1) is 25.6 Å². The molecule has 1 saturated heterocycles. The fourth-order valence-corrected chi connectivity index (χ4v) is 3.54. The van der Waals surface area contributed by atoms with Gasteiger partial charge in [0.2, 0.25) is 12.7 Å². The summed E-state index contributed by atoms with van der Waals surface area (Å²) >= 11 is 0. The molecule has 1 aromatic heterocycles. The zero-order valence-corrected chi connectivity index (χ0v) is 16.3. The molecule has 2 aliphatic rings. The first-order chi connectivity index (χ1) is 14.8. The highest BCUT2D eigenvalue weighted by Gasteiger charge is 2.61. The number of carbonyl (C=O) groups excluding carboxylic acids is 1. The number of amides is 1. The van der Waals surface area contributed by atoms with Gasteiger partial charge in [0.25, 0.3) is 11.9 Å². The van der Waals surface area contributed by atoms with E-state index in [1.165, 1.54) is 19.1 Å². The van der Waals surface area contributed by atoms with E-state index in [0.29, 0.717) is 0 Å². The van der Waals surface area contributed by atoms with E-state index in [1.807, 2.05) is 0 Å². The fraction of sp³-hybridized carbons (Fsp3) is 0.368. The lowest BCUT2D eigenvalue weighted by Gasteiger charge is -2.50. The Labute approximate surface area is 174 Å². The number of rotatable bonds is 5. The lowest BCUT2D eigenvalue weighted by molar-refractivity contribution is -0.221. The van der Waals surface area contributed by atoms with Crippen LogP contribution in [0.3, 0.4) is 0 Å². The van der Waals surface area contributed by atoms with Gasteiger partial charge in [0, 0.05) is 11.3 Å². The van der Waals surface area contributed by atoms with Crippen LogP contribution in [0.15, 0.2) is 35.6 Å². The number of anilines is 1. The van der Waals surface area contributed by atoms with E-state index in [1.54, 1.807) is 0 Å². The standard InChI is InChI=1S/C19H18F3N5O4/c1-18(16(22)19(7-29-8-19)31-17(23)27-18)11-4-10(2-3-12(11)21)26-15(28)13-5-25-14(6-24-13)30-9-20/h2-6,16H,7-9H2,1H3,(H2,23,27)(H,26,28)/t16-,18-/m1/s1. The zero-order chi connectivity index (χ0) is 22.2. The minimum absolute atomic E-state index is 0.0428. The maximum Gasteiger partial charge on any atom is 0.283 e. The number of nitrogens with two attached hydrogens (primary N) is 1. The first-order valence-electron chi connectivity index (χ1n) is 9.16. The predicted molar refractivity (Wildman–Crippen MR) is 101 cm³/mol. The number of halogens is 3. The number of nitrogens with zero attached hydrogens (tertiary/aromatic N) is 3. The van der Waals surface area contributed by atoms with Crippen LogP contribution in [0.25, 0.3) is 0 Å². The number of aromatic nitrogens is 2. The van der Waals surface area contributed by atoms with Gasteiger partial charge in [-0.3, -0.25) is 4.79 Å². The topological polar surface area (TPSA) is 121 Å². The van der Waals surface area contributed by atoms with Crippen LogP contribution in [0.1, 0.15) is 23.0 Å². The van der Waals surface area contributed by atoms with Crippen molar-refractivity contribution < 1.29 is 32.2 Å². The van der Waals surface area contributed by atoms with Gasteiger partial charge in [0.1, 0.15) is 17.1 Å². The molecule has 1 spiro atoms. The zero-order valence-electron chi connectivity index (χ0n) is 16.3. The maximum atomic E-state index is 15.5. The van der Waals surface area contributed by atoms with E-state index in [2.05, 4.69) is 25.0 Å². The number of nitrogens with one attached hydrogen (secondary N) is 1. The Morgan fingerprint density at radius 2 is 2.13 bits per heavy atom. The summed E-state index contributed by atoms with van der Waals surface area (Å²) in [5.41, 5.74) is 2.65. The fourth-order valence-electron chi connectivity index (χ4n) is 3.54. The Kier molecular flexibility index (Phi) is 5.17. The summed E-state index contributed by atoms with van der Waals surface area (Å²) in [6, 6.07) is 3.37. The van der Waals surface area contributed by atoms with E-state index in [4.69, 9.17) is 15.2 Å². The van der Waals surface area contributed by atoms with Crippen molar-refractivity contribution in [2.75, 3.05) is 25.4 Å². The minimum atomic E-state index is -1.75. The van der Waals surface area contributed by atoms with Crippen LogP contribution in [0.5, 0.6) is 5.88 Å². The summed E-state index contributed by atoms with van der Waals surface area (Å²) in [5, 5.41) is 2.53. The molecule has 1 aromatic carbocycles. The number of ether oxygens (including phenoxy) is 3. The molecule has 3 heterocycles. The third-order valence-corrected chi connectivity index (χ3v) is 5.13. The van der Waals surface area contributed by atoms with Crippen molar-refractivity contribution in [1.29, 1.82) is 0 Å². The van der Waals surface area contributed by atoms with E-state index in [0.717, 1.165) is 18.5 Å². The van der Waals surface area contributed by atoms with Crippen molar-refractivity contribution in [3.63, 3.8) is 0 Å². The second kappa shape index (κ2) is 7.69. The summed E-state index contributed by atoms with van der Waals surface area (Å²) in [6.45, 7) is 0.224. The first kappa shape index (κ1) is 20.8. The highest BCUT2D eigenvalue weighted by atomic mass is 19.1. The highest BCUT2D eigenvalue weighted by Crippen LogP contribution is 2.45. The van der Waals surface area contributed by atoms with Crippen molar-refractivity contribution >= 4 is 17.6 Å². The van der Waals surface area contributed by atoms with Gasteiger partial charge >= 0.3 is 0 Å². The molecule has 0 bridgehead atoms. The SMILES string of the molecule is C[C@]1(c2cc(NC(=O)c3cnc(OCF)cn3)ccc2F)N=C(N)OC2(COC2)[C@@H]1F. The molecule has 0 aliphatic carbocycles. The molecule has 31 heavy (non-hydrogen) atoms. The summed E-state index contributed by atoms with van der Waals surface area (Å²) in [4.78, 5) is 24.0. The van der Waals surface area contributed by atoms with Gasteiger partial charge in [-0.25, -0.2) is 28.1 Å². The molecule has 12 heteroatoms. The molecule has 9 nitrogen and oxygen atoms in total. The largest absolute Gasteiger partial charge is 0.451 e. The predicted octanol–water partition coefficient (Wildman–Crippen LogP) is 1.84. The number of benzene rings is 1. The number of aliphatic imine (C=N–C) groups is 1. The van der Waals surface area contributed by atoms with Crippen LogP contribution in [0.4, 0.5) is 18.9 Å². The van der Waals surface area contributed by atoms with Crippen molar-refractivity contribution in [3.05, 3.63) is 47.7 Å². The Bertz CT molecular complexity index is 1030. The molecule has 2 aromatic rings. The average Bonchev–Trinajstić information content (AvgIpc) is 2.71. The Morgan fingerprint density at radius 3 is 2.74 bits per heavy atom. The summed E-state index contributed by atoms with van der Waals surface area (Å²) in [7, 11) is 0. The smallest absolute Gasteiger partial charge is 0.283 e.